The Morgan fingerprint density at radius 2 is 2.00 bits per heavy atom. The number of pyridine rings is 1. The zero-order valence-electron chi connectivity index (χ0n) is 18.3. The molecule has 3 heterocycles. The first-order valence-corrected chi connectivity index (χ1v) is 11.7. The molecule has 1 fully saturated rings. The number of hydrogen-bond donors (Lipinski definition) is 2. The third-order valence-electron chi connectivity index (χ3n) is 5.80. The number of H-pyrrole nitrogens is 1. The van der Waals surface area contributed by atoms with E-state index in [2.05, 4.69) is 33.4 Å². The highest BCUT2D eigenvalue weighted by Crippen LogP contribution is 2.45. The highest BCUT2D eigenvalue weighted by Gasteiger charge is 2.21. The molecular weight excluding hydrogens is 438 g/mol. The predicted molar refractivity (Wildman–Crippen MR) is 129 cm³/mol. The predicted octanol–water partition coefficient (Wildman–Crippen LogP) is 3.52. The summed E-state index contributed by atoms with van der Waals surface area (Å²) in [5, 5.41) is 2.87. The first-order chi connectivity index (χ1) is 16.1. The van der Waals surface area contributed by atoms with Crippen molar-refractivity contribution < 1.29 is 14.3 Å². The van der Waals surface area contributed by atoms with Gasteiger partial charge in [-0.1, -0.05) is 30.0 Å². The summed E-state index contributed by atoms with van der Waals surface area (Å²) in [5.74, 6) is -0.173. The topological polar surface area (TPSA) is 83.7 Å². The van der Waals surface area contributed by atoms with E-state index in [1.807, 2.05) is 24.3 Å². The standard InChI is InChI=1S/C25H25N3O4S/c1-31-15-24(30)26-18-5-6-22-17(12-18)11-16-3-2-4-20(25(16)33-22)21-13-19(14-23(29)27-21)28-7-9-32-10-8-28/h2-6,12-14H,7-11,15H2,1H3,(H,26,30)(H,27,29). The molecule has 2 N–H and O–H groups in total. The first kappa shape index (κ1) is 21.8. The van der Waals surface area contributed by atoms with Crippen LogP contribution < -0.4 is 15.8 Å². The maximum atomic E-state index is 12.5. The van der Waals surface area contributed by atoms with E-state index in [9.17, 15) is 9.59 Å². The van der Waals surface area contributed by atoms with Crippen LogP contribution in [0.25, 0.3) is 11.3 Å². The van der Waals surface area contributed by atoms with Crippen LogP contribution >= 0.6 is 11.8 Å². The monoisotopic (exact) mass is 463 g/mol. The summed E-state index contributed by atoms with van der Waals surface area (Å²) in [6.07, 6.45) is 0.757. The van der Waals surface area contributed by atoms with Gasteiger partial charge in [-0.2, -0.15) is 0 Å². The van der Waals surface area contributed by atoms with Gasteiger partial charge in [0.1, 0.15) is 6.61 Å². The van der Waals surface area contributed by atoms with Crippen LogP contribution in [0, 0.1) is 0 Å². The second-order valence-electron chi connectivity index (χ2n) is 8.09. The lowest BCUT2D eigenvalue weighted by Crippen LogP contribution is -2.36. The van der Waals surface area contributed by atoms with Crippen LogP contribution in [0.2, 0.25) is 0 Å². The lowest BCUT2D eigenvalue weighted by molar-refractivity contribution is -0.119. The first-order valence-electron chi connectivity index (χ1n) is 10.9. The van der Waals surface area contributed by atoms with E-state index >= 15 is 0 Å². The molecule has 170 valence electrons. The van der Waals surface area contributed by atoms with Crippen molar-refractivity contribution in [2.75, 3.05) is 50.2 Å². The number of amides is 1. The Morgan fingerprint density at radius 1 is 1.15 bits per heavy atom. The molecule has 0 bridgehead atoms. The Morgan fingerprint density at radius 3 is 2.82 bits per heavy atom. The SMILES string of the molecule is COCC(=O)Nc1ccc2c(c1)Cc1cccc(-c3cc(N4CCOCC4)cc(=O)[nH]3)c1S2. The van der Waals surface area contributed by atoms with Crippen molar-refractivity contribution in [3.05, 3.63) is 70.0 Å². The number of ether oxygens (including phenoxy) is 2. The quantitative estimate of drug-likeness (QED) is 0.471. The van der Waals surface area contributed by atoms with Crippen LogP contribution in [-0.4, -0.2) is 50.9 Å². The van der Waals surface area contributed by atoms with Gasteiger partial charge < -0.3 is 24.7 Å². The van der Waals surface area contributed by atoms with Gasteiger partial charge in [0.2, 0.25) is 11.5 Å². The van der Waals surface area contributed by atoms with Gasteiger partial charge >= 0.3 is 0 Å². The number of hydrogen-bond acceptors (Lipinski definition) is 6. The number of anilines is 2. The van der Waals surface area contributed by atoms with Crippen molar-refractivity contribution in [1.29, 1.82) is 0 Å². The summed E-state index contributed by atoms with van der Waals surface area (Å²) < 4.78 is 10.4. The Hall–Kier alpha value is -3.07. The number of nitrogens with one attached hydrogen (secondary N) is 2. The molecule has 0 radical (unpaired) electrons. The molecule has 1 amide bonds. The number of aromatic nitrogens is 1. The van der Waals surface area contributed by atoms with Crippen molar-refractivity contribution in [3.8, 4) is 11.3 Å². The molecular formula is C25H25N3O4S. The average molecular weight is 464 g/mol. The number of benzene rings is 2. The van der Waals surface area contributed by atoms with Gasteiger partial charge in [-0.3, -0.25) is 9.59 Å². The molecule has 2 aromatic carbocycles. The maximum absolute atomic E-state index is 12.5. The van der Waals surface area contributed by atoms with Crippen LogP contribution in [0.1, 0.15) is 11.1 Å². The van der Waals surface area contributed by atoms with E-state index in [1.165, 1.54) is 12.7 Å². The number of morpholine rings is 1. The third kappa shape index (κ3) is 4.68. The van der Waals surface area contributed by atoms with E-state index in [-0.39, 0.29) is 18.1 Å². The van der Waals surface area contributed by atoms with Crippen molar-refractivity contribution >= 4 is 29.0 Å². The number of carbonyl (C=O) groups excluding carboxylic acids is 1. The van der Waals surface area contributed by atoms with Gasteiger partial charge in [0.25, 0.3) is 0 Å². The second kappa shape index (κ2) is 9.43. The molecule has 0 saturated carbocycles. The van der Waals surface area contributed by atoms with Gasteiger partial charge in [0, 0.05) is 53.0 Å². The van der Waals surface area contributed by atoms with Crippen molar-refractivity contribution in [3.63, 3.8) is 0 Å². The fraction of sp³-hybridized carbons (Fsp3) is 0.280. The summed E-state index contributed by atoms with van der Waals surface area (Å²) in [7, 11) is 1.50. The highest BCUT2D eigenvalue weighted by molar-refractivity contribution is 7.99. The van der Waals surface area contributed by atoms with Gasteiger partial charge in [0.05, 0.1) is 18.9 Å². The molecule has 33 heavy (non-hydrogen) atoms. The highest BCUT2D eigenvalue weighted by atomic mass is 32.2. The third-order valence-corrected chi connectivity index (χ3v) is 7.11. The van der Waals surface area contributed by atoms with Crippen LogP contribution in [0.5, 0.6) is 0 Å². The summed E-state index contributed by atoms with van der Waals surface area (Å²) in [6.45, 7) is 2.93. The molecule has 0 aliphatic carbocycles. The van der Waals surface area contributed by atoms with Crippen LogP contribution in [0.3, 0.4) is 0 Å². The summed E-state index contributed by atoms with van der Waals surface area (Å²) in [4.78, 5) is 31.9. The second-order valence-corrected chi connectivity index (χ2v) is 9.14. The van der Waals surface area contributed by atoms with Crippen molar-refractivity contribution in [2.24, 2.45) is 0 Å². The molecule has 2 aliphatic rings. The van der Waals surface area contributed by atoms with E-state index < -0.39 is 0 Å². The molecule has 1 saturated heterocycles. The molecule has 1 aromatic heterocycles. The molecule has 7 nitrogen and oxygen atoms in total. The average Bonchev–Trinajstić information content (AvgIpc) is 2.82. The van der Waals surface area contributed by atoms with Gasteiger partial charge in [0.15, 0.2) is 0 Å². The summed E-state index contributed by atoms with van der Waals surface area (Å²) in [5.41, 5.74) is 5.78. The number of fused-ring (bicyclic) bond motifs is 2. The molecule has 2 aliphatic heterocycles. The minimum Gasteiger partial charge on any atom is -0.378 e. The maximum Gasteiger partial charge on any atom is 0.250 e. The van der Waals surface area contributed by atoms with Crippen LogP contribution in [-0.2, 0) is 20.7 Å². The van der Waals surface area contributed by atoms with E-state index in [4.69, 9.17) is 9.47 Å². The molecule has 0 spiro atoms. The summed E-state index contributed by atoms with van der Waals surface area (Å²) >= 11 is 1.70. The lowest BCUT2D eigenvalue weighted by atomic mass is 9.99. The summed E-state index contributed by atoms with van der Waals surface area (Å²) in [6, 6.07) is 15.9. The zero-order chi connectivity index (χ0) is 22.8. The van der Waals surface area contributed by atoms with Crippen molar-refractivity contribution in [2.45, 2.75) is 16.2 Å². The van der Waals surface area contributed by atoms with Gasteiger partial charge in [-0.05, 0) is 41.8 Å². The van der Waals surface area contributed by atoms with Gasteiger partial charge in [-0.15, -0.1) is 0 Å². The van der Waals surface area contributed by atoms with Gasteiger partial charge in [-0.25, -0.2) is 0 Å². The Balaban J connectivity index is 1.46. The van der Waals surface area contributed by atoms with E-state index in [0.29, 0.717) is 13.2 Å². The fourth-order valence-electron chi connectivity index (χ4n) is 4.27. The largest absolute Gasteiger partial charge is 0.378 e. The molecule has 0 unspecified atom stereocenters. The number of methoxy groups -OCH3 is 1. The number of carbonyl (C=O) groups is 1. The van der Waals surface area contributed by atoms with Crippen molar-refractivity contribution in [1.82, 2.24) is 4.98 Å². The molecule has 5 rings (SSSR count). The van der Waals surface area contributed by atoms with E-state index in [0.717, 1.165) is 57.5 Å². The molecule has 8 heteroatoms. The lowest BCUT2D eigenvalue weighted by Gasteiger charge is -2.29. The minimum absolute atomic E-state index is 0.0275. The normalized spacial score (nSPS) is 15.0. The Kier molecular flexibility index (Phi) is 6.22. The number of aromatic amines is 1. The molecule has 3 aromatic rings. The Bertz CT molecular complexity index is 1250. The van der Waals surface area contributed by atoms with Crippen LogP contribution in [0.15, 0.2) is 63.1 Å². The fourth-order valence-corrected chi connectivity index (χ4v) is 5.45. The molecule has 0 atom stereocenters. The van der Waals surface area contributed by atoms with Crippen LogP contribution in [0.4, 0.5) is 11.4 Å². The Labute approximate surface area is 196 Å². The smallest absolute Gasteiger partial charge is 0.250 e. The number of nitrogens with zero attached hydrogens (tertiary/aromatic N) is 1. The number of rotatable bonds is 5. The minimum atomic E-state index is -0.173. The van der Waals surface area contributed by atoms with E-state index in [1.54, 1.807) is 17.8 Å². The zero-order valence-corrected chi connectivity index (χ0v) is 19.2.